The van der Waals surface area contributed by atoms with Crippen molar-refractivity contribution in [2.75, 3.05) is 7.11 Å². The molecule has 0 unspecified atom stereocenters. The number of halogens is 3. The molecule has 0 aliphatic rings. The number of nitrogens with zero attached hydrogens (tertiary/aromatic N) is 4. The lowest BCUT2D eigenvalue weighted by Crippen LogP contribution is -2.03. The minimum absolute atomic E-state index is 0.150. The third-order valence-corrected chi connectivity index (χ3v) is 6.84. The molecule has 192 valence electrons. The van der Waals surface area contributed by atoms with Crippen LogP contribution in [0.2, 0.25) is 0 Å². The van der Waals surface area contributed by atoms with E-state index in [-0.39, 0.29) is 6.61 Å². The number of furan rings is 1. The number of ether oxygens (including phenoxy) is 2. The topological polar surface area (TPSA) is 74.7 Å². The van der Waals surface area contributed by atoms with Gasteiger partial charge in [-0.15, -0.1) is 11.3 Å². The largest absolute Gasteiger partial charge is 0.496 e. The van der Waals surface area contributed by atoms with Crippen LogP contribution in [0.3, 0.4) is 0 Å². The SMILES string of the molecule is COc1cc(OCc2csc(-c3ccc(C(F)(F)F)cc3)n2)c2cc(-c3cn4nc(C)ccc4n3)oc2c1. The number of thiazole rings is 1. The fourth-order valence-corrected chi connectivity index (χ4v) is 4.81. The molecule has 0 bridgehead atoms. The van der Waals surface area contributed by atoms with Gasteiger partial charge in [0.05, 0.1) is 35.6 Å². The van der Waals surface area contributed by atoms with E-state index in [0.29, 0.717) is 50.4 Å². The summed E-state index contributed by atoms with van der Waals surface area (Å²) in [5.41, 5.74) is 3.32. The van der Waals surface area contributed by atoms with Crippen LogP contribution in [-0.4, -0.2) is 26.7 Å². The van der Waals surface area contributed by atoms with E-state index < -0.39 is 11.7 Å². The average Bonchev–Trinajstić information content (AvgIpc) is 3.64. The minimum atomic E-state index is -4.38. The molecular formula is C27H19F3N4O3S. The summed E-state index contributed by atoms with van der Waals surface area (Å²) in [7, 11) is 1.56. The molecular weight excluding hydrogens is 517 g/mol. The van der Waals surface area contributed by atoms with Gasteiger partial charge >= 0.3 is 6.18 Å². The van der Waals surface area contributed by atoms with Gasteiger partial charge in [-0.3, -0.25) is 0 Å². The van der Waals surface area contributed by atoms with E-state index in [1.165, 1.54) is 23.5 Å². The van der Waals surface area contributed by atoms with Gasteiger partial charge in [0, 0.05) is 23.1 Å². The molecule has 0 fully saturated rings. The number of fused-ring (bicyclic) bond motifs is 2. The first-order valence-electron chi connectivity index (χ1n) is 11.5. The molecule has 4 aromatic heterocycles. The predicted octanol–water partition coefficient (Wildman–Crippen LogP) is 7.18. The highest BCUT2D eigenvalue weighted by molar-refractivity contribution is 7.13. The predicted molar refractivity (Wildman–Crippen MR) is 136 cm³/mol. The number of methoxy groups -OCH3 is 1. The second-order valence-electron chi connectivity index (χ2n) is 8.56. The van der Waals surface area contributed by atoms with E-state index in [2.05, 4.69) is 15.1 Å². The molecule has 0 saturated carbocycles. The van der Waals surface area contributed by atoms with Crippen LogP contribution in [0.1, 0.15) is 17.0 Å². The Labute approximate surface area is 218 Å². The highest BCUT2D eigenvalue weighted by atomic mass is 32.1. The van der Waals surface area contributed by atoms with Crippen molar-refractivity contribution in [3.8, 4) is 33.5 Å². The summed E-state index contributed by atoms with van der Waals surface area (Å²) in [5.74, 6) is 1.65. The number of aromatic nitrogens is 4. The smallest absolute Gasteiger partial charge is 0.416 e. The maximum absolute atomic E-state index is 12.9. The Bertz CT molecular complexity index is 1770. The Kier molecular flexibility index (Phi) is 5.79. The number of rotatable bonds is 6. The van der Waals surface area contributed by atoms with Crippen LogP contribution in [0.4, 0.5) is 13.2 Å². The minimum Gasteiger partial charge on any atom is -0.496 e. The van der Waals surface area contributed by atoms with Crippen molar-refractivity contribution < 1.29 is 27.1 Å². The van der Waals surface area contributed by atoms with E-state index in [4.69, 9.17) is 13.9 Å². The monoisotopic (exact) mass is 536 g/mol. The zero-order valence-electron chi connectivity index (χ0n) is 20.1. The first-order valence-corrected chi connectivity index (χ1v) is 12.3. The molecule has 0 aliphatic carbocycles. The fraction of sp³-hybridized carbons (Fsp3) is 0.148. The first-order chi connectivity index (χ1) is 18.3. The van der Waals surface area contributed by atoms with Crippen molar-refractivity contribution >= 4 is 28.0 Å². The molecule has 0 aliphatic heterocycles. The van der Waals surface area contributed by atoms with Gasteiger partial charge in [0.2, 0.25) is 0 Å². The summed E-state index contributed by atoms with van der Waals surface area (Å²) in [6.07, 6.45) is -2.58. The summed E-state index contributed by atoms with van der Waals surface area (Å²) >= 11 is 1.33. The summed E-state index contributed by atoms with van der Waals surface area (Å²) in [6, 6.07) is 14.1. The Morgan fingerprint density at radius 3 is 2.61 bits per heavy atom. The summed E-state index contributed by atoms with van der Waals surface area (Å²) in [6.45, 7) is 2.06. The maximum atomic E-state index is 12.9. The number of imidazole rings is 1. The van der Waals surface area contributed by atoms with Crippen molar-refractivity contribution in [1.29, 1.82) is 0 Å². The number of alkyl halides is 3. The molecule has 0 radical (unpaired) electrons. The standard InChI is InChI=1S/C27H19F3N4O3S/c1-15-3-8-25-32-21(12-34(25)33-15)24-11-20-22(9-19(35-2)10-23(20)37-24)36-13-18-14-38-26(31-18)16-4-6-17(7-5-16)27(28,29)30/h3-12,14H,13H2,1-2H3. The third-order valence-electron chi connectivity index (χ3n) is 5.90. The summed E-state index contributed by atoms with van der Waals surface area (Å²) < 4.78 is 57.9. The molecule has 2 aromatic carbocycles. The van der Waals surface area contributed by atoms with Gasteiger partial charge in [-0.05, 0) is 37.3 Å². The van der Waals surface area contributed by atoms with E-state index in [1.54, 1.807) is 30.0 Å². The zero-order chi connectivity index (χ0) is 26.4. The zero-order valence-corrected chi connectivity index (χ0v) is 20.9. The van der Waals surface area contributed by atoms with Crippen LogP contribution in [-0.2, 0) is 12.8 Å². The van der Waals surface area contributed by atoms with E-state index >= 15 is 0 Å². The summed E-state index contributed by atoms with van der Waals surface area (Å²) in [4.78, 5) is 9.13. The molecule has 38 heavy (non-hydrogen) atoms. The van der Waals surface area contributed by atoms with Crippen LogP contribution in [0, 0.1) is 6.92 Å². The van der Waals surface area contributed by atoms with Gasteiger partial charge < -0.3 is 13.9 Å². The van der Waals surface area contributed by atoms with E-state index in [0.717, 1.165) is 23.2 Å². The molecule has 0 N–H and O–H groups in total. The van der Waals surface area contributed by atoms with Gasteiger partial charge in [0.25, 0.3) is 0 Å². The highest BCUT2D eigenvalue weighted by Crippen LogP contribution is 2.37. The summed E-state index contributed by atoms with van der Waals surface area (Å²) in [5, 5.41) is 7.59. The Hall–Kier alpha value is -4.38. The third kappa shape index (κ3) is 4.56. The van der Waals surface area contributed by atoms with Crippen LogP contribution in [0.25, 0.3) is 38.6 Å². The molecule has 0 atom stereocenters. The second-order valence-corrected chi connectivity index (χ2v) is 9.42. The Morgan fingerprint density at radius 1 is 1.03 bits per heavy atom. The van der Waals surface area contributed by atoms with Crippen LogP contribution in [0.15, 0.2) is 70.6 Å². The van der Waals surface area contributed by atoms with Gasteiger partial charge in [0.15, 0.2) is 11.4 Å². The Morgan fingerprint density at radius 2 is 1.84 bits per heavy atom. The van der Waals surface area contributed by atoms with Crippen LogP contribution >= 0.6 is 11.3 Å². The maximum Gasteiger partial charge on any atom is 0.416 e. The van der Waals surface area contributed by atoms with Crippen molar-refractivity contribution in [3.63, 3.8) is 0 Å². The molecule has 0 spiro atoms. The fourth-order valence-electron chi connectivity index (χ4n) is 4.00. The van der Waals surface area contributed by atoms with Gasteiger partial charge in [-0.25, -0.2) is 14.5 Å². The van der Waals surface area contributed by atoms with Crippen molar-refractivity contribution in [3.05, 3.63) is 83.1 Å². The quantitative estimate of drug-likeness (QED) is 0.224. The lowest BCUT2D eigenvalue weighted by atomic mass is 10.1. The second kappa shape index (κ2) is 9.18. The lowest BCUT2D eigenvalue weighted by molar-refractivity contribution is -0.137. The van der Waals surface area contributed by atoms with E-state index in [1.807, 2.05) is 30.5 Å². The van der Waals surface area contributed by atoms with Crippen molar-refractivity contribution in [1.82, 2.24) is 19.6 Å². The molecule has 7 nitrogen and oxygen atoms in total. The average molecular weight is 537 g/mol. The first kappa shape index (κ1) is 24.0. The van der Waals surface area contributed by atoms with Gasteiger partial charge in [-0.1, -0.05) is 12.1 Å². The highest BCUT2D eigenvalue weighted by Gasteiger charge is 2.30. The lowest BCUT2D eigenvalue weighted by Gasteiger charge is -2.08. The molecule has 6 aromatic rings. The molecule has 11 heteroatoms. The number of benzene rings is 2. The van der Waals surface area contributed by atoms with Crippen LogP contribution in [0.5, 0.6) is 11.5 Å². The molecule has 4 heterocycles. The van der Waals surface area contributed by atoms with E-state index in [9.17, 15) is 13.2 Å². The van der Waals surface area contributed by atoms with Gasteiger partial charge in [0.1, 0.15) is 34.4 Å². The number of aryl methyl sites for hydroxylation is 1. The van der Waals surface area contributed by atoms with Crippen LogP contribution < -0.4 is 9.47 Å². The number of hydrogen-bond donors (Lipinski definition) is 0. The normalized spacial score (nSPS) is 11.9. The number of hydrogen-bond acceptors (Lipinski definition) is 7. The molecule has 0 saturated heterocycles. The molecule has 6 rings (SSSR count). The van der Waals surface area contributed by atoms with Gasteiger partial charge in [-0.2, -0.15) is 18.3 Å². The molecule has 0 amide bonds. The Balaban J connectivity index is 1.26. The van der Waals surface area contributed by atoms with Crippen molar-refractivity contribution in [2.45, 2.75) is 19.7 Å². The van der Waals surface area contributed by atoms with Crippen molar-refractivity contribution in [2.24, 2.45) is 0 Å².